The summed E-state index contributed by atoms with van der Waals surface area (Å²) in [7, 11) is 3.13. The lowest BCUT2D eigenvalue weighted by Gasteiger charge is -2.27. The maximum atomic E-state index is 11.6. The first-order valence-corrected chi connectivity index (χ1v) is 9.13. The van der Waals surface area contributed by atoms with Crippen molar-refractivity contribution in [3.05, 3.63) is 5.82 Å². The molecular weight excluding hydrogens is 302 g/mol. The maximum Gasteiger partial charge on any atom is 0.296 e. The number of hydrogen-bond donors (Lipinski definition) is 0. The zero-order valence-corrected chi connectivity index (χ0v) is 13.4. The Morgan fingerprint density at radius 2 is 2.00 bits per heavy atom. The van der Waals surface area contributed by atoms with Crippen LogP contribution in [0.2, 0.25) is 0 Å². The topological polar surface area (TPSA) is 74.1 Å². The van der Waals surface area contributed by atoms with Crippen LogP contribution < -0.4 is 0 Å². The van der Waals surface area contributed by atoms with E-state index in [0.717, 1.165) is 37.9 Å². The van der Waals surface area contributed by atoms with Gasteiger partial charge in [-0.3, -0.25) is 4.57 Å². The van der Waals surface area contributed by atoms with Gasteiger partial charge in [0.05, 0.1) is 6.61 Å². The van der Waals surface area contributed by atoms with Gasteiger partial charge in [0.15, 0.2) is 0 Å². The van der Waals surface area contributed by atoms with Gasteiger partial charge in [-0.15, -0.1) is 10.2 Å². The summed E-state index contributed by atoms with van der Waals surface area (Å²) in [6.07, 6.45) is 5.20. The normalized spacial score (nSPS) is 18.6. The van der Waals surface area contributed by atoms with E-state index >= 15 is 0 Å². The summed E-state index contributed by atoms with van der Waals surface area (Å²) < 4.78 is 29.9. The van der Waals surface area contributed by atoms with E-state index in [-0.39, 0.29) is 10.6 Å². The van der Waals surface area contributed by atoms with E-state index in [9.17, 15) is 8.42 Å². The molecule has 1 aliphatic rings. The minimum Gasteiger partial charge on any atom is -0.383 e. The number of nitrogens with zero attached hydrogens (tertiary/aromatic N) is 3. The molecule has 20 heavy (non-hydrogen) atoms. The van der Waals surface area contributed by atoms with Gasteiger partial charge in [-0.25, -0.2) is 8.42 Å². The molecule has 0 bridgehead atoms. The minimum absolute atomic E-state index is 0.0828. The molecule has 1 aromatic rings. The van der Waals surface area contributed by atoms with E-state index in [0.29, 0.717) is 13.2 Å². The van der Waals surface area contributed by atoms with Crippen molar-refractivity contribution in [3.8, 4) is 0 Å². The van der Waals surface area contributed by atoms with Crippen molar-refractivity contribution >= 4 is 19.7 Å². The molecule has 0 N–H and O–H groups in total. The van der Waals surface area contributed by atoms with Crippen LogP contribution >= 0.6 is 10.7 Å². The number of halogens is 1. The van der Waals surface area contributed by atoms with Crippen LogP contribution in [-0.2, 0) is 25.7 Å². The summed E-state index contributed by atoms with van der Waals surface area (Å²) in [6.45, 7) is 2.89. The molecule has 0 atom stereocenters. The summed E-state index contributed by atoms with van der Waals surface area (Å²) >= 11 is 0. The Balaban J connectivity index is 2.50. The third kappa shape index (κ3) is 2.84. The predicted octanol–water partition coefficient (Wildman–Crippen LogP) is 2.07. The molecule has 1 aromatic heterocycles. The molecule has 114 valence electrons. The lowest BCUT2D eigenvalue weighted by molar-refractivity contribution is 0.181. The van der Waals surface area contributed by atoms with Crippen LogP contribution in [0, 0.1) is 0 Å². The molecule has 1 aliphatic carbocycles. The van der Waals surface area contributed by atoms with E-state index in [1.165, 1.54) is 0 Å². The highest BCUT2D eigenvalue weighted by Crippen LogP contribution is 2.43. The fraction of sp³-hybridized carbons (Fsp3) is 0.833. The quantitative estimate of drug-likeness (QED) is 0.750. The number of ether oxygens (including phenoxy) is 1. The van der Waals surface area contributed by atoms with Gasteiger partial charge < -0.3 is 4.74 Å². The summed E-state index contributed by atoms with van der Waals surface area (Å²) in [5.74, 6) is 0.730. The second-order valence-corrected chi connectivity index (χ2v) is 7.69. The van der Waals surface area contributed by atoms with Gasteiger partial charge in [0, 0.05) is 29.8 Å². The number of hydrogen-bond acceptors (Lipinski definition) is 5. The molecule has 1 saturated carbocycles. The van der Waals surface area contributed by atoms with Gasteiger partial charge in [0.25, 0.3) is 14.2 Å². The maximum absolute atomic E-state index is 11.6. The Morgan fingerprint density at radius 3 is 2.50 bits per heavy atom. The molecule has 1 fully saturated rings. The predicted molar refractivity (Wildman–Crippen MR) is 75.4 cm³/mol. The summed E-state index contributed by atoms with van der Waals surface area (Å²) in [5.41, 5.74) is -0.0828. The van der Waals surface area contributed by atoms with E-state index in [1.807, 2.05) is 0 Å². The molecule has 2 rings (SSSR count). The number of methoxy groups -OCH3 is 1. The van der Waals surface area contributed by atoms with Crippen LogP contribution in [-0.4, -0.2) is 36.9 Å². The summed E-state index contributed by atoms with van der Waals surface area (Å²) in [6, 6.07) is 0. The standard InChI is InChI=1S/C12H20ClN3O3S/c1-3-12(6-4-5-7-12)10-14-15-11(20(13,17)18)16(10)8-9-19-2/h3-9H2,1-2H3. The van der Waals surface area contributed by atoms with E-state index in [2.05, 4.69) is 17.1 Å². The van der Waals surface area contributed by atoms with Crippen LogP contribution in [0.25, 0.3) is 0 Å². The van der Waals surface area contributed by atoms with Gasteiger partial charge in [0.1, 0.15) is 5.82 Å². The van der Waals surface area contributed by atoms with E-state index in [4.69, 9.17) is 15.4 Å². The molecule has 0 radical (unpaired) electrons. The lowest BCUT2D eigenvalue weighted by atomic mass is 9.82. The molecule has 0 aliphatic heterocycles. The molecule has 1 heterocycles. The SMILES string of the molecule is CCC1(c2nnc(S(=O)(=O)Cl)n2CCOC)CCCC1. The number of rotatable bonds is 6. The van der Waals surface area contributed by atoms with Crippen molar-refractivity contribution in [2.75, 3.05) is 13.7 Å². The summed E-state index contributed by atoms with van der Waals surface area (Å²) in [5, 5.41) is 7.79. The van der Waals surface area contributed by atoms with Crippen LogP contribution in [0.5, 0.6) is 0 Å². The van der Waals surface area contributed by atoms with Crippen LogP contribution in [0.15, 0.2) is 5.16 Å². The Kier molecular flexibility index (Phi) is 4.71. The third-order valence-corrected chi connectivity index (χ3v) is 5.32. The summed E-state index contributed by atoms with van der Waals surface area (Å²) in [4.78, 5) is 0. The highest BCUT2D eigenvalue weighted by atomic mass is 35.7. The van der Waals surface area contributed by atoms with Gasteiger partial charge in [0.2, 0.25) is 0 Å². The molecular formula is C12H20ClN3O3S. The fourth-order valence-corrected chi connectivity index (χ4v) is 3.95. The van der Waals surface area contributed by atoms with Crippen molar-refractivity contribution in [2.24, 2.45) is 0 Å². The Hall–Kier alpha value is -0.660. The highest BCUT2D eigenvalue weighted by Gasteiger charge is 2.40. The van der Waals surface area contributed by atoms with Crippen molar-refractivity contribution in [2.45, 2.75) is 56.1 Å². The molecule has 0 aromatic carbocycles. The Bertz CT molecular complexity index is 565. The smallest absolute Gasteiger partial charge is 0.296 e. The lowest BCUT2D eigenvalue weighted by Crippen LogP contribution is -2.27. The zero-order valence-electron chi connectivity index (χ0n) is 11.8. The monoisotopic (exact) mass is 321 g/mol. The second kappa shape index (κ2) is 5.99. The van der Waals surface area contributed by atoms with Crippen LogP contribution in [0.1, 0.15) is 44.9 Å². The first kappa shape index (κ1) is 15.7. The van der Waals surface area contributed by atoms with Crippen LogP contribution in [0.4, 0.5) is 0 Å². The average Bonchev–Trinajstić information content (AvgIpc) is 3.02. The van der Waals surface area contributed by atoms with Crippen molar-refractivity contribution < 1.29 is 13.2 Å². The van der Waals surface area contributed by atoms with Gasteiger partial charge >= 0.3 is 0 Å². The average molecular weight is 322 g/mol. The van der Waals surface area contributed by atoms with Crippen molar-refractivity contribution in [1.29, 1.82) is 0 Å². The van der Waals surface area contributed by atoms with Crippen molar-refractivity contribution in [3.63, 3.8) is 0 Å². The molecule has 0 spiro atoms. The van der Waals surface area contributed by atoms with Crippen molar-refractivity contribution in [1.82, 2.24) is 14.8 Å². The Morgan fingerprint density at radius 1 is 1.35 bits per heavy atom. The first-order valence-electron chi connectivity index (χ1n) is 6.82. The van der Waals surface area contributed by atoms with Crippen LogP contribution in [0.3, 0.4) is 0 Å². The highest BCUT2D eigenvalue weighted by molar-refractivity contribution is 8.13. The minimum atomic E-state index is -3.90. The largest absolute Gasteiger partial charge is 0.383 e. The van der Waals surface area contributed by atoms with E-state index in [1.54, 1.807) is 11.7 Å². The second-order valence-electron chi connectivity index (χ2n) is 5.23. The molecule has 6 nitrogen and oxygen atoms in total. The zero-order chi connectivity index (χ0) is 14.8. The molecule has 0 saturated heterocycles. The molecule has 0 unspecified atom stereocenters. The van der Waals surface area contributed by atoms with Gasteiger partial charge in [-0.2, -0.15) is 0 Å². The number of aromatic nitrogens is 3. The van der Waals surface area contributed by atoms with Gasteiger partial charge in [-0.05, 0) is 19.3 Å². The Labute approximate surface area is 123 Å². The van der Waals surface area contributed by atoms with Gasteiger partial charge in [-0.1, -0.05) is 19.8 Å². The third-order valence-electron chi connectivity index (χ3n) is 4.17. The molecule has 8 heteroatoms. The first-order chi connectivity index (χ1) is 9.44. The molecule has 0 amide bonds. The fourth-order valence-electron chi connectivity index (χ4n) is 3.03. The van der Waals surface area contributed by atoms with E-state index < -0.39 is 9.05 Å².